The molecular weight excluding hydrogens is 314 g/mol. The van der Waals surface area contributed by atoms with Crippen molar-refractivity contribution in [2.24, 2.45) is 5.41 Å². The zero-order valence-electron chi connectivity index (χ0n) is 15.2. The minimum atomic E-state index is -0.193. The summed E-state index contributed by atoms with van der Waals surface area (Å²) in [6.07, 6.45) is 13.8. The Bertz CT molecular complexity index is 579. The zero-order valence-corrected chi connectivity index (χ0v) is 15.2. The van der Waals surface area contributed by atoms with Crippen LogP contribution >= 0.6 is 0 Å². The summed E-state index contributed by atoms with van der Waals surface area (Å²) >= 11 is 0. The highest BCUT2D eigenvalue weighted by atomic mass is 16.3. The van der Waals surface area contributed by atoms with Crippen molar-refractivity contribution < 1.29 is 9.90 Å². The molecule has 0 aromatic heterocycles. The summed E-state index contributed by atoms with van der Waals surface area (Å²) in [7, 11) is 0. The van der Waals surface area contributed by atoms with Crippen LogP contribution < -0.4 is 5.32 Å². The molecule has 25 heavy (non-hydrogen) atoms. The summed E-state index contributed by atoms with van der Waals surface area (Å²) in [6.45, 7) is 4.93. The molecule has 1 radical (unpaired) electrons. The average molecular weight is 344 g/mol. The summed E-state index contributed by atoms with van der Waals surface area (Å²) in [4.78, 5) is 18.0. The quantitative estimate of drug-likeness (QED) is 0.802. The molecule has 1 spiro atoms. The molecule has 4 rings (SSSR count). The number of carbonyl (C=O) groups is 1. The van der Waals surface area contributed by atoms with Gasteiger partial charge in [-0.25, -0.2) is 0 Å². The molecule has 1 amide bonds. The first-order valence-electron chi connectivity index (χ1n) is 9.83. The van der Waals surface area contributed by atoms with Crippen molar-refractivity contribution in [3.63, 3.8) is 0 Å². The molecule has 4 aliphatic rings. The number of hydrogen-bond acceptors (Lipinski definition) is 4. The molecule has 1 saturated carbocycles. The van der Waals surface area contributed by atoms with E-state index in [9.17, 15) is 9.90 Å². The molecular formula is C20H30N3O2. The third-order valence-corrected chi connectivity index (χ3v) is 6.69. The maximum Gasteiger partial charge on any atom is 0.230 e. The standard InChI is InChI=1S/C20H30N3O2/c1-15-4-2-11-21-18(15)22-12-3-9-20(14-22)10-13-23(19(20)25)16-5-7-17(24)8-6-16/h4,11,16-18,21,24H,3,5-10,12-14H2,1H3/t16-,17-,18?,20-/m1/s1. The largest absolute Gasteiger partial charge is 0.393 e. The molecule has 0 bridgehead atoms. The highest BCUT2D eigenvalue weighted by molar-refractivity contribution is 5.85. The van der Waals surface area contributed by atoms with Gasteiger partial charge in [0.1, 0.15) is 6.17 Å². The molecule has 0 aromatic carbocycles. The second-order valence-electron chi connectivity index (χ2n) is 8.33. The van der Waals surface area contributed by atoms with Gasteiger partial charge in [0, 0.05) is 31.9 Å². The fourth-order valence-corrected chi connectivity index (χ4v) is 5.24. The van der Waals surface area contributed by atoms with Crippen LogP contribution in [0.5, 0.6) is 0 Å². The number of allylic oxidation sites excluding steroid dienone is 2. The fourth-order valence-electron chi connectivity index (χ4n) is 5.24. The monoisotopic (exact) mass is 344 g/mol. The van der Waals surface area contributed by atoms with E-state index in [1.165, 1.54) is 5.57 Å². The topological polar surface area (TPSA) is 55.8 Å². The summed E-state index contributed by atoms with van der Waals surface area (Å²) in [5, 5.41) is 13.2. The molecule has 5 nitrogen and oxygen atoms in total. The lowest BCUT2D eigenvalue weighted by atomic mass is 9.78. The Morgan fingerprint density at radius 1 is 1.24 bits per heavy atom. The number of likely N-dealkylation sites (tertiary alicyclic amines) is 2. The number of hydrogen-bond donors (Lipinski definition) is 2. The number of nitrogens with one attached hydrogen (secondary N) is 1. The molecule has 2 saturated heterocycles. The second kappa shape index (κ2) is 6.76. The van der Waals surface area contributed by atoms with Gasteiger partial charge in [0.2, 0.25) is 5.91 Å². The minimum absolute atomic E-state index is 0.162. The van der Waals surface area contributed by atoms with E-state index >= 15 is 0 Å². The maximum absolute atomic E-state index is 13.4. The van der Waals surface area contributed by atoms with Gasteiger partial charge in [-0.1, -0.05) is 6.08 Å². The third-order valence-electron chi connectivity index (χ3n) is 6.69. The number of rotatable bonds is 2. The van der Waals surface area contributed by atoms with Crippen molar-refractivity contribution >= 4 is 5.91 Å². The molecule has 3 aliphatic heterocycles. The SMILES string of the molecule is CC1=C[C]=CNC1N1CCC[C@@]2(CCN([C@H]3CC[C@H](O)CC3)C2=O)C1. The predicted octanol–water partition coefficient (Wildman–Crippen LogP) is 1.80. The Hall–Kier alpha value is -1.33. The minimum Gasteiger partial charge on any atom is -0.393 e. The number of amides is 1. The van der Waals surface area contributed by atoms with Crippen LogP contribution in [0.4, 0.5) is 0 Å². The lowest BCUT2D eigenvalue weighted by Crippen LogP contribution is -2.55. The van der Waals surface area contributed by atoms with Crippen LogP contribution in [0, 0.1) is 11.5 Å². The van der Waals surface area contributed by atoms with Gasteiger partial charge in [-0.15, -0.1) is 0 Å². The number of carbonyl (C=O) groups excluding carboxylic acids is 1. The average Bonchev–Trinajstić information content (AvgIpc) is 2.92. The van der Waals surface area contributed by atoms with Gasteiger partial charge < -0.3 is 15.3 Å². The fraction of sp³-hybridized carbons (Fsp3) is 0.750. The van der Waals surface area contributed by atoms with Crippen LogP contribution in [0.2, 0.25) is 0 Å². The first kappa shape index (κ1) is 17.1. The Morgan fingerprint density at radius 2 is 2.04 bits per heavy atom. The maximum atomic E-state index is 13.4. The molecule has 1 unspecified atom stereocenters. The Labute approximate surface area is 150 Å². The van der Waals surface area contributed by atoms with Crippen LogP contribution in [-0.4, -0.2) is 58.8 Å². The Kier molecular flexibility index (Phi) is 4.63. The number of dihydropyridines is 1. The van der Waals surface area contributed by atoms with Crippen molar-refractivity contribution in [3.05, 3.63) is 23.9 Å². The first-order valence-corrected chi connectivity index (χ1v) is 9.83. The molecule has 2 N–H and O–H groups in total. The summed E-state index contributed by atoms with van der Waals surface area (Å²) in [5.74, 6) is 0.373. The van der Waals surface area contributed by atoms with Crippen LogP contribution in [0.25, 0.3) is 0 Å². The smallest absolute Gasteiger partial charge is 0.230 e. The normalized spacial score (nSPS) is 39.6. The van der Waals surface area contributed by atoms with Gasteiger partial charge in [-0.05, 0) is 63.5 Å². The van der Waals surface area contributed by atoms with Crippen molar-refractivity contribution in [2.45, 2.75) is 70.2 Å². The number of nitrogens with zero attached hydrogens (tertiary/aromatic N) is 2. The molecule has 137 valence electrons. The van der Waals surface area contributed by atoms with E-state index in [1.54, 1.807) is 0 Å². The summed E-state index contributed by atoms with van der Waals surface area (Å²) in [5.41, 5.74) is 1.07. The van der Waals surface area contributed by atoms with E-state index in [0.29, 0.717) is 11.9 Å². The highest BCUT2D eigenvalue weighted by Crippen LogP contribution is 2.43. The van der Waals surface area contributed by atoms with Crippen molar-refractivity contribution in [3.8, 4) is 0 Å². The lowest BCUT2D eigenvalue weighted by Gasteiger charge is -2.44. The number of aliphatic hydroxyl groups is 1. The summed E-state index contributed by atoms with van der Waals surface area (Å²) < 4.78 is 0. The van der Waals surface area contributed by atoms with Crippen LogP contribution in [-0.2, 0) is 4.79 Å². The van der Waals surface area contributed by atoms with Gasteiger partial charge in [0.25, 0.3) is 0 Å². The van der Waals surface area contributed by atoms with E-state index in [0.717, 1.165) is 64.6 Å². The van der Waals surface area contributed by atoms with Crippen LogP contribution in [0.3, 0.4) is 0 Å². The van der Waals surface area contributed by atoms with Gasteiger partial charge in [0.15, 0.2) is 0 Å². The third kappa shape index (κ3) is 3.13. The van der Waals surface area contributed by atoms with E-state index < -0.39 is 0 Å². The van der Waals surface area contributed by atoms with E-state index in [-0.39, 0.29) is 17.7 Å². The van der Waals surface area contributed by atoms with Gasteiger partial charge in [0.05, 0.1) is 11.5 Å². The van der Waals surface area contributed by atoms with Gasteiger partial charge in [-0.3, -0.25) is 9.69 Å². The Morgan fingerprint density at radius 3 is 2.80 bits per heavy atom. The molecule has 2 atom stereocenters. The number of aliphatic hydroxyl groups excluding tert-OH is 1. The predicted molar refractivity (Wildman–Crippen MR) is 96.3 cm³/mol. The zero-order chi connectivity index (χ0) is 17.4. The van der Waals surface area contributed by atoms with Crippen molar-refractivity contribution in [1.29, 1.82) is 0 Å². The number of piperidine rings is 1. The molecule has 3 fully saturated rings. The summed E-state index contributed by atoms with van der Waals surface area (Å²) in [6, 6.07) is 0.345. The van der Waals surface area contributed by atoms with Crippen LogP contribution in [0.1, 0.15) is 51.9 Å². The van der Waals surface area contributed by atoms with E-state index in [4.69, 9.17) is 0 Å². The van der Waals surface area contributed by atoms with Crippen molar-refractivity contribution in [1.82, 2.24) is 15.1 Å². The van der Waals surface area contributed by atoms with Crippen molar-refractivity contribution in [2.75, 3.05) is 19.6 Å². The van der Waals surface area contributed by atoms with Crippen LogP contribution in [0.15, 0.2) is 17.8 Å². The Balaban J connectivity index is 1.45. The second-order valence-corrected chi connectivity index (χ2v) is 8.33. The lowest BCUT2D eigenvalue weighted by molar-refractivity contribution is -0.142. The molecule has 5 heteroatoms. The molecule has 3 heterocycles. The molecule has 0 aromatic rings. The highest BCUT2D eigenvalue weighted by Gasteiger charge is 2.51. The van der Waals surface area contributed by atoms with E-state index in [2.05, 4.69) is 28.1 Å². The molecule has 1 aliphatic carbocycles. The van der Waals surface area contributed by atoms with E-state index in [1.807, 2.05) is 12.3 Å². The first-order chi connectivity index (χ1) is 12.1. The van der Waals surface area contributed by atoms with Gasteiger partial charge in [-0.2, -0.15) is 0 Å². The van der Waals surface area contributed by atoms with Gasteiger partial charge >= 0.3 is 0 Å².